The molecule has 2 aliphatic rings. The molecule has 0 bridgehead atoms. The molecule has 192 valence electrons. The summed E-state index contributed by atoms with van der Waals surface area (Å²) in [5, 5.41) is 11.2. The van der Waals surface area contributed by atoms with Gasteiger partial charge in [-0.05, 0) is 90.4 Å². The smallest absolute Gasteiger partial charge is 0.331 e. The number of ketones is 1. The largest absolute Gasteiger partial charge is 0.452 e. The third-order valence-corrected chi connectivity index (χ3v) is 6.40. The highest BCUT2D eigenvalue weighted by atomic mass is 16.6. The average Bonchev–Trinajstić information content (AvgIpc) is 3.28. The number of rotatable bonds is 6. The third kappa shape index (κ3) is 8.77. The summed E-state index contributed by atoms with van der Waals surface area (Å²) in [6.07, 6.45) is 14.3. The Morgan fingerprint density at radius 2 is 1.77 bits per heavy atom. The number of carbonyl (C=O) groups excluding carboxylic acids is 3. The summed E-state index contributed by atoms with van der Waals surface area (Å²) in [5.74, 6) is -1.29. The second-order valence-corrected chi connectivity index (χ2v) is 10.7. The lowest BCUT2D eigenvalue weighted by Crippen LogP contribution is -2.39. The number of ether oxygens (including phenoxy) is 1. The summed E-state index contributed by atoms with van der Waals surface area (Å²) >= 11 is 0. The van der Waals surface area contributed by atoms with Crippen LogP contribution >= 0.6 is 0 Å². The summed E-state index contributed by atoms with van der Waals surface area (Å²) in [7, 11) is 0. The lowest BCUT2D eigenvalue weighted by atomic mass is 9.80. The number of likely N-dealkylation sites (tertiary alicyclic amines) is 1. The number of allylic oxidation sites excluding steroid dienone is 6. The summed E-state index contributed by atoms with van der Waals surface area (Å²) in [5.41, 5.74) is 0.0439. The molecule has 1 N–H and O–H groups in total. The number of nitrogens with zero attached hydrogens (tertiary/aromatic N) is 1. The van der Waals surface area contributed by atoms with Crippen molar-refractivity contribution in [2.75, 3.05) is 13.1 Å². The van der Waals surface area contributed by atoms with Crippen LogP contribution < -0.4 is 0 Å². The van der Waals surface area contributed by atoms with E-state index < -0.39 is 28.9 Å². The number of carbonyl (C=O) groups is 3. The molecular formula is C29H41NO5. The van der Waals surface area contributed by atoms with Gasteiger partial charge in [-0.1, -0.05) is 36.3 Å². The Labute approximate surface area is 210 Å². The number of esters is 1. The normalized spacial score (nSPS) is 30.4. The first-order valence-electron chi connectivity index (χ1n) is 12.5. The molecule has 0 spiro atoms. The van der Waals surface area contributed by atoms with Crippen LogP contribution in [0.4, 0.5) is 0 Å². The molecule has 0 aromatic heterocycles. The van der Waals surface area contributed by atoms with Gasteiger partial charge in [0.05, 0.1) is 5.57 Å². The van der Waals surface area contributed by atoms with Crippen LogP contribution in [-0.2, 0) is 19.1 Å². The zero-order valence-corrected chi connectivity index (χ0v) is 22.1. The lowest BCUT2D eigenvalue weighted by molar-refractivity contribution is -0.148. The van der Waals surface area contributed by atoms with E-state index in [2.05, 4.69) is 13.0 Å². The Morgan fingerprint density at radius 1 is 1.11 bits per heavy atom. The van der Waals surface area contributed by atoms with Crippen LogP contribution in [0.3, 0.4) is 0 Å². The van der Waals surface area contributed by atoms with E-state index in [0.717, 1.165) is 31.3 Å². The fourth-order valence-electron chi connectivity index (χ4n) is 4.16. The van der Waals surface area contributed by atoms with E-state index in [1.54, 1.807) is 30.9 Å². The topological polar surface area (TPSA) is 83.9 Å². The van der Waals surface area contributed by atoms with Crippen molar-refractivity contribution in [1.82, 2.24) is 4.90 Å². The Morgan fingerprint density at radius 3 is 2.37 bits per heavy atom. The zero-order chi connectivity index (χ0) is 26.2. The predicted octanol–water partition coefficient (Wildman–Crippen LogP) is 5.00. The average molecular weight is 484 g/mol. The first-order chi connectivity index (χ1) is 16.3. The quantitative estimate of drug-likeness (QED) is 0.249. The maximum atomic E-state index is 13.2. The van der Waals surface area contributed by atoms with E-state index in [1.165, 1.54) is 30.7 Å². The highest BCUT2D eigenvalue weighted by Crippen LogP contribution is 2.33. The second kappa shape index (κ2) is 12.3. The molecule has 3 atom stereocenters. The molecule has 1 amide bonds. The van der Waals surface area contributed by atoms with Crippen molar-refractivity contribution in [1.29, 1.82) is 0 Å². The summed E-state index contributed by atoms with van der Waals surface area (Å²) in [6.45, 7) is 12.5. The molecule has 0 aromatic rings. The molecular weight excluding hydrogens is 442 g/mol. The van der Waals surface area contributed by atoms with Crippen LogP contribution in [0.15, 0.2) is 59.3 Å². The molecule has 2 rings (SSSR count). The van der Waals surface area contributed by atoms with Gasteiger partial charge < -0.3 is 14.7 Å². The molecule has 1 aliphatic heterocycles. The first kappa shape index (κ1) is 28.5. The Balaban J connectivity index is 2.50. The van der Waals surface area contributed by atoms with Gasteiger partial charge >= 0.3 is 5.97 Å². The number of hydrogen-bond acceptors (Lipinski definition) is 5. The maximum Gasteiger partial charge on any atom is 0.331 e. The van der Waals surface area contributed by atoms with E-state index in [-0.39, 0.29) is 11.5 Å². The minimum absolute atomic E-state index is 0.126. The van der Waals surface area contributed by atoms with Gasteiger partial charge in [-0.3, -0.25) is 9.59 Å². The van der Waals surface area contributed by atoms with Crippen molar-refractivity contribution in [2.45, 2.75) is 85.4 Å². The van der Waals surface area contributed by atoms with Crippen LogP contribution in [0.1, 0.15) is 73.6 Å². The van der Waals surface area contributed by atoms with E-state index in [0.29, 0.717) is 19.5 Å². The van der Waals surface area contributed by atoms with Crippen molar-refractivity contribution < 1.29 is 24.2 Å². The minimum Gasteiger partial charge on any atom is -0.452 e. The number of hydrogen-bond donors (Lipinski definition) is 1. The van der Waals surface area contributed by atoms with Gasteiger partial charge in [0, 0.05) is 19.2 Å². The van der Waals surface area contributed by atoms with Crippen molar-refractivity contribution in [2.24, 2.45) is 5.41 Å². The molecule has 6 nitrogen and oxygen atoms in total. The highest BCUT2D eigenvalue weighted by molar-refractivity contribution is 6.23. The SMILES string of the molecule is CC(C)=CCC[C@]1(C)/C=C/[C@@H](OC(=O)C=C(C)C)[C@](C)(O)/C=C/C(=O)/C(C(=O)N2CCCC2)=C\C1. The van der Waals surface area contributed by atoms with Gasteiger partial charge in [0.15, 0.2) is 11.9 Å². The molecule has 0 aromatic carbocycles. The van der Waals surface area contributed by atoms with Crippen LogP contribution in [0.2, 0.25) is 0 Å². The van der Waals surface area contributed by atoms with Crippen molar-refractivity contribution in [3.05, 3.63) is 59.3 Å². The number of amides is 1. The van der Waals surface area contributed by atoms with Crippen molar-refractivity contribution in [3.63, 3.8) is 0 Å². The molecule has 35 heavy (non-hydrogen) atoms. The van der Waals surface area contributed by atoms with Gasteiger partial charge in [-0.15, -0.1) is 0 Å². The molecule has 0 unspecified atom stereocenters. The van der Waals surface area contributed by atoms with E-state index >= 15 is 0 Å². The van der Waals surface area contributed by atoms with Gasteiger partial charge in [-0.2, -0.15) is 0 Å². The fraction of sp³-hybridized carbons (Fsp3) is 0.552. The van der Waals surface area contributed by atoms with Gasteiger partial charge in [0.2, 0.25) is 0 Å². The molecule has 0 saturated carbocycles. The molecule has 1 aliphatic carbocycles. The third-order valence-electron chi connectivity index (χ3n) is 6.40. The summed E-state index contributed by atoms with van der Waals surface area (Å²) < 4.78 is 5.60. The lowest BCUT2D eigenvalue weighted by Gasteiger charge is -2.29. The van der Waals surface area contributed by atoms with E-state index in [4.69, 9.17) is 4.74 Å². The van der Waals surface area contributed by atoms with Crippen LogP contribution in [0.5, 0.6) is 0 Å². The Kier molecular flexibility index (Phi) is 10.0. The van der Waals surface area contributed by atoms with Crippen molar-refractivity contribution in [3.8, 4) is 0 Å². The maximum absolute atomic E-state index is 13.2. The zero-order valence-electron chi connectivity index (χ0n) is 22.1. The predicted molar refractivity (Wildman–Crippen MR) is 139 cm³/mol. The van der Waals surface area contributed by atoms with Gasteiger partial charge in [0.1, 0.15) is 5.60 Å². The van der Waals surface area contributed by atoms with E-state index in [1.807, 2.05) is 19.9 Å². The van der Waals surface area contributed by atoms with Gasteiger partial charge in [-0.25, -0.2) is 4.79 Å². The monoisotopic (exact) mass is 483 g/mol. The minimum atomic E-state index is -1.65. The van der Waals surface area contributed by atoms with Crippen LogP contribution in [0, 0.1) is 5.41 Å². The number of aliphatic hydroxyl groups is 1. The fourth-order valence-corrected chi connectivity index (χ4v) is 4.16. The summed E-state index contributed by atoms with van der Waals surface area (Å²) in [6, 6.07) is 0. The second-order valence-electron chi connectivity index (χ2n) is 10.7. The first-order valence-corrected chi connectivity index (χ1v) is 12.5. The van der Waals surface area contributed by atoms with Gasteiger partial charge in [0.25, 0.3) is 5.91 Å². The van der Waals surface area contributed by atoms with Crippen LogP contribution in [0.25, 0.3) is 0 Å². The van der Waals surface area contributed by atoms with Crippen LogP contribution in [-0.4, -0.2) is 52.5 Å². The molecule has 1 heterocycles. The molecule has 0 radical (unpaired) electrons. The molecule has 6 heteroatoms. The molecule has 1 saturated heterocycles. The van der Waals surface area contributed by atoms with Crippen molar-refractivity contribution >= 4 is 17.7 Å². The highest BCUT2D eigenvalue weighted by Gasteiger charge is 2.34. The molecule has 1 fully saturated rings. The summed E-state index contributed by atoms with van der Waals surface area (Å²) in [4.78, 5) is 40.4. The Bertz CT molecular complexity index is 952. The standard InChI is InChI=1S/C29H41NO5/c1-21(2)10-9-14-28(5)15-11-23(27(33)30-18-7-8-19-30)24(31)12-17-29(6,34)25(13-16-28)35-26(32)20-22(3)4/h10-13,16-17,20,25,34H,7-9,14-15,18-19H2,1-6H3/b16-13+,17-12+,23-11+/t25-,28+,29-/m1/s1. The van der Waals surface area contributed by atoms with E-state index in [9.17, 15) is 19.5 Å². The Hall–Kier alpha value is -2.73.